The van der Waals surface area contributed by atoms with Crippen LogP contribution in [0.4, 0.5) is 8.78 Å². The number of rotatable bonds is 5. The summed E-state index contributed by atoms with van der Waals surface area (Å²) in [6.45, 7) is 5.65. The van der Waals surface area contributed by atoms with E-state index in [-0.39, 0.29) is 16.4 Å². The molecule has 0 N–H and O–H groups in total. The van der Waals surface area contributed by atoms with Crippen LogP contribution in [0, 0.1) is 20.8 Å². The largest absolute Gasteiger partial charge is 0.586 e. The number of benzene rings is 3. The van der Waals surface area contributed by atoms with Crippen LogP contribution in [0.1, 0.15) is 17.2 Å². The molecular weight excluding hydrogens is 538 g/mol. The van der Waals surface area contributed by atoms with Crippen molar-refractivity contribution in [1.29, 1.82) is 0 Å². The van der Waals surface area contributed by atoms with E-state index in [0.29, 0.717) is 17.1 Å². The minimum absolute atomic E-state index is 0.0582. The van der Waals surface area contributed by atoms with Gasteiger partial charge in [-0.2, -0.15) is 5.10 Å². The Hall–Kier alpha value is -4.51. The highest BCUT2D eigenvalue weighted by Crippen LogP contribution is 2.43. The summed E-state index contributed by atoms with van der Waals surface area (Å²) < 4.78 is 64.7. The van der Waals surface area contributed by atoms with E-state index in [4.69, 9.17) is 0 Å². The predicted molar refractivity (Wildman–Crippen MR) is 145 cm³/mol. The monoisotopic (exact) mass is 562 g/mol. The van der Waals surface area contributed by atoms with E-state index in [1.807, 2.05) is 61.9 Å². The van der Waals surface area contributed by atoms with Crippen molar-refractivity contribution < 1.29 is 26.7 Å². The van der Waals surface area contributed by atoms with Gasteiger partial charge in [0.15, 0.2) is 21.3 Å². The molecular formula is C29H24F2N4O4S. The normalized spacial score (nSPS) is 14.1. The zero-order chi connectivity index (χ0) is 28.4. The number of aromatic nitrogens is 4. The first-order valence-corrected chi connectivity index (χ1v) is 14.2. The highest BCUT2D eigenvalue weighted by atomic mass is 32.2. The highest BCUT2D eigenvalue weighted by Gasteiger charge is 2.43. The number of aryl methyl sites for hydroxylation is 3. The molecule has 1 aliphatic rings. The fourth-order valence-corrected chi connectivity index (χ4v) is 5.52. The van der Waals surface area contributed by atoms with Gasteiger partial charge in [-0.1, -0.05) is 18.2 Å². The summed E-state index contributed by atoms with van der Waals surface area (Å²) in [5.74, 6) is 0.630. The van der Waals surface area contributed by atoms with Gasteiger partial charge < -0.3 is 14.0 Å². The van der Waals surface area contributed by atoms with E-state index in [9.17, 15) is 17.2 Å². The van der Waals surface area contributed by atoms with Gasteiger partial charge in [-0.05, 0) is 74.4 Å². The third kappa shape index (κ3) is 4.62. The summed E-state index contributed by atoms with van der Waals surface area (Å²) in [7, 11) is -3.40. The van der Waals surface area contributed by atoms with Gasteiger partial charge in [0, 0.05) is 24.1 Å². The first-order valence-electron chi connectivity index (χ1n) is 12.3. The molecule has 8 nitrogen and oxygen atoms in total. The Kier molecular flexibility index (Phi) is 5.81. The number of sulfone groups is 1. The second kappa shape index (κ2) is 9.02. The summed E-state index contributed by atoms with van der Waals surface area (Å²) in [5.41, 5.74) is 5.82. The molecule has 6 rings (SSSR count). The van der Waals surface area contributed by atoms with Crippen molar-refractivity contribution in [2.24, 2.45) is 0 Å². The van der Waals surface area contributed by atoms with Gasteiger partial charge >= 0.3 is 6.29 Å². The molecule has 40 heavy (non-hydrogen) atoms. The molecule has 0 bridgehead atoms. The van der Waals surface area contributed by atoms with Crippen LogP contribution >= 0.6 is 0 Å². The SMILES string of the molecule is Cc1cn(-c2ccc(-c3cccc(S(C)(=O)=O)c3)cc2-c2cc(C)nn2-c2ccc3c(c2)OC(F)(F)O3)c(C)n1. The number of halogens is 2. The second-order valence-electron chi connectivity index (χ2n) is 9.71. The van der Waals surface area contributed by atoms with Crippen LogP contribution in [-0.2, 0) is 9.84 Å². The first kappa shape index (κ1) is 25.8. The molecule has 0 spiro atoms. The lowest BCUT2D eigenvalue weighted by Gasteiger charge is -2.16. The Morgan fingerprint density at radius 1 is 0.850 bits per heavy atom. The highest BCUT2D eigenvalue weighted by molar-refractivity contribution is 7.90. The van der Waals surface area contributed by atoms with Gasteiger partial charge in [0.1, 0.15) is 5.82 Å². The minimum atomic E-state index is -3.73. The molecule has 2 aromatic heterocycles. The van der Waals surface area contributed by atoms with Gasteiger partial charge in [0.2, 0.25) is 0 Å². The van der Waals surface area contributed by atoms with Gasteiger partial charge in [-0.15, -0.1) is 8.78 Å². The summed E-state index contributed by atoms with van der Waals surface area (Å²) in [6.07, 6.45) is -0.635. The molecule has 0 saturated carbocycles. The number of nitrogens with zero attached hydrogens (tertiary/aromatic N) is 4. The maximum Gasteiger partial charge on any atom is 0.586 e. The summed E-state index contributed by atoms with van der Waals surface area (Å²) >= 11 is 0. The Morgan fingerprint density at radius 3 is 2.33 bits per heavy atom. The molecule has 0 amide bonds. The molecule has 0 saturated heterocycles. The van der Waals surface area contributed by atoms with E-state index < -0.39 is 16.1 Å². The van der Waals surface area contributed by atoms with E-state index in [1.54, 1.807) is 28.9 Å². The van der Waals surface area contributed by atoms with Crippen LogP contribution in [0.2, 0.25) is 0 Å². The average molecular weight is 563 g/mol. The summed E-state index contributed by atoms with van der Waals surface area (Å²) in [4.78, 5) is 4.77. The Labute approximate surface area is 229 Å². The van der Waals surface area contributed by atoms with E-state index >= 15 is 0 Å². The number of hydrogen-bond acceptors (Lipinski definition) is 6. The summed E-state index contributed by atoms with van der Waals surface area (Å²) in [5, 5.41) is 4.66. The topological polar surface area (TPSA) is 88.2 Å². The van der Waals surface area contributed by atoms with Gasteiger partial charge in [0.05, 0.1) is 33.4 Å². The van der Waals surface area contributed by atoms with Crippen LogP contribution < -0.4 is 9.47 Å². The molecule has 3 aromatic carbocycles. The molecule has 0 fully saturated rings. The molecule has 3 heterocycles. The quantitative estimate of drug-likeness (QED) is 0.260. The number of alkyl halides is 2. The third-order valence-electron chi connectivity index (χ3n) is 6.59. The molecule has 11 heteroatoms. The lowest BCUT2D eigenvalue weighted by atomic mass is 9.99. The number of imidazole rings is 1. The lowest BCUT2D eigenvalue weighted by molar-refractivity contribution is -0.286. The molecule has 0 radical (unpaired) electrons. The van der Waals surface area contributed by atoms with Gasteiger partial charge in [0.25, 0.3) is 0 Å². The zero-order valence-electron chi connectivity index (χ0n) is 22.0. The van der Waals surface area contributed by atoms with Crippen LogP contribution in [0.3, 0.4) is 0 Å². The first-order chi connectivity index (χ1) is 18.9. The molecule has 1 aliphatic heterocycles. The fraction of sp³-hybridized carbons (Fsp3) is 0.172. The van der Waals surface area contributed by atoms with E-state index in [2.05, 4.69) is 19.6 Å². The average Bonchev–Trinajstić information content (AvgIpc) is 3.54. The fourth-order valence-electron chi connectivity index (χ4n) is 4.86. The molecule has 5 aromatic rings. The number of fused-ring (bicyclic) bond motifs is 1. The van der Waals surface area contributed by atoms with Crippen molar-refractivity contribution in [3.8, 4) is 45.3 Å². The second-order valence-corrected chi connectivity index (χ2v) is 11.7. The van der Waals surface area contributed by atoms with Crippen molar-refractivity contribution in [3.63, 3.8) is 0 Å². The van der Waals surface area contributed by atoms with E-state index in [1.165, 1.54) is 18.4 Å². The van der Waals surface area contributed by atoms with Crippen LogP contribution in [0.5, 0.6) is 11.5 Å². The predicted octanol–water partition coefficient (Wildman–Crippen LogP) is 6.04. The van der Waals surface area contributed by atoms with Crippen LogP contribution in [-0.4, -0.2) is 40.3 Å². The van der Waals surface area contributed by atoms with Crippen molar-refractivity contribution in [2.45, 2.75) is 32.0 Å². The Morgan fingerprint density at radius 2 is 1.60 bits per heavy atom. The van der Waals surface area contributed by atoms with Crippen molar-refractivity contribution in [1.82, 2.24) is 19.3 Å². The van der Waals surface area contributed by atoms with Gasteiger partial charge in [-0.25, -0.2) is 18.1 Å². The van der Waals surface area contributed by atoms with Crippen molar-refractivity contribution >= 4 is 9.84 Å². The number of hydrogen-bond donors (Lipinski definition) is 0. The Balaban J connectivity index is 1.56. The maximum atomic E-state index is 13.7. The minimum Gasteiger partial charge on any atom is -0.395 e. The van der Waals surface area contributed by atoms with Gasteiger partial charge in [-0.3, -0.25) is 0 Å². The zero-order valence-corrected chi connectivity index (χ0v) is 22.8. The number of ether oxygens (including phenoxy) is 2. The molecule has 204 valence electrons. The molecule has 0 unspecified atom stereocenters. The molecule has 0 atom stereocenters. The maximum absolute atomic E-state index is 13.7. The standard InChI is InChI=1S/C29H24F2N4O4S/c1-17-12-26(35(33-17)22-9-11-27-28(15-22)39-29(30,31)38-27)24-14-21(20-6-5-7-23(13-20)40(4,36)37)8-10-25(24)34-16-18(2)32-19(34)3/h5-16H,1-4H3. The third-order valence-corrected chi connectivity index (χ3v) is 7.70. The summed E-state index contributed by atoms with van der Waals surface area (Å²) in [6, 6.07) is 19.0. The van der Waals surface area contributed by atoms with E-state index in [0.717, 1.165) is 33.9 Å². The van der Waals surface area contributed by atoms with Crippen LogP contribution in [0.15, 0.2) is 77.8 Å². The Bertz CT molecular complexity index is 1910. The molecule has 0 aliphatic carbocycles. The smallest absolute Gasteiger partial charge is 0.395 e. The van der Waals surface area contributed by atoms with Crippen molar-refractivity contribution in [3.05, 3.63) is 90.1 Å². The lowest BCUT2D eigenvalue weighted by Crippen LogP contribution is -2.25. The van der Waals surface area contributed by atoms with Crippen molar-refractivity contribution in [2.75, 3.05) is 6.26 Å². The van der Waals surface area contributed by atoms with Crippen LogP contribution in [0.25, 0.3) is 33.8 Å².